The Morgan fingerprint density at radius 2 is 0.815 bits per heavy atom. The largest absolute Gasteiger partial charge is 0.477 e. The predicted molar refractivity (Wildman–Crippen MR) is 225 cm³/mol. The van der Waals surface area contributed by atoms with Crippen molar-refractivity contribution in [2.75, 3.05) is 41.0 Å². The molecule has 0 aromatic rings. The van der Waals surface area contributed by atoms with Crippen LogP contribution in [0.5, 0.6) is 0 Å². The Morgan fingerprint density at radius 3 is 1.15 bits per heavy atom. The summed E-state index contributed by atoms with van der Waals surface area (Å²) in [5, 5.41) is 9.60. The minimum atomic E-state index is -0.871. The number of aliphatic carboxylic acids is 1. The van der Waals surface area contributed by atoms with E-state index in [4.69, 9.17) is 14.2 Å². The highest BCUT2D eigenvalue weighted by molar-refractivity contribution is 5.72. The Kier molecular flexibility index (Phi) is 37.0. The number of nitrogens with zero attached hydrogens (tertiary/aromatic N) is 1. The monoisotopic (exact) mass is 769 g/mol. The van der Waals surface area contributed by atoms with Crippen LogP contribution in [0.1, 0.15) is 226 Å². The molecule has 2 unspecified atom stereocenters. The van der Waals surface area contributed by atoms with E-state index in [1.54, 1.807) is 0 Å². The zero-order valence-corrected chi connectivity index (χ0v) is 36.5. The van der Waals surface area contributed by atoms with E-state index in [1.807, 2.05) is 21.1 Å². The molecule has 2 atom stereocenters. The Bertz CT molecular complexity index is 858. The van der Waals surface area contributed by atoms with Gasteiger partial charge in [-0.05, 0) is 12.8 Å². The van der Waals surface area contributed by atoms with Gasteiger partial charge in [-0.25, -0.2) is 4.79 Å². The average Bonchev–Trinajstić information content (AvgIpc) is 3.12. The number of esters is 2. The Morgan fingerprint density at radius 1 is 0.481 bits per heavy atom. The lowest BCUT2D eigenvalue weighted by Crippen LogP contribution is -2.50. The lowest BCUT2D eigenvalue weighted by molar-refractivity contribution is -0.887. The van der Waals surface area contributed by atoms with Gasteiger partial charge in [0.1, 0.15) is 6.61 Å². The summed E-state index contributed by atoms with van der Waals surface area (Å²) in [6.45, 7) is 4.74. The van der Waals surface area contributed by atoms with Gasteiger partial charge in [0.2, 0.25) is 0 Å². The third-order valence-electron chi connectivity index (χ3n) is 10.8. The summed E-state index contributed by atoms with van der Waals surface area (Å²) in [7, 11) is 5.53. The van der Waals surface area contributed by atoms with E-state index >= 15 is 0 Å². The first-order valence-electron chi connectivity index (χ1n) is 23.1. The second kappa shape index (κ2) is 38.2. The molecular weight excluding hydrogens is 679 g/mol. The molecule has 0 aromatic carbocycles. The van der Waals surface area contributed by atoms with E-state index in [0.717, 1.165) is 38.5 Å². The number of hydrogen-bond donors (Lipinski definition) is 1. The Labute approximate surface area is 334 Å². The highest BCUT2D eigenvalue weighted by Gasteiger charge is 2.31. The zero-order valence-electron chi connectivity index (χ0n) is 36.5. The standard InChI is InChI=1S/C46H89NO7/c1-6-8-10-12-14-16-17-18-19-20-21-22-23-24-25-26-27-28-29-31-33-35-37-45(49)54-42(40-52-39-38-43(46(50)51)47(3,4)5)41-53-44(48)36-34-32-30-15-13-11-9-7-2/h42-43H,6-41H2,1-5H3/p+1. The van der Waals surface area contributed by atoms with Crippen LogP contribution in [-0.2, 0) is 28.6 Å². The number of quaternary nitrogens is 1. The summed E-state index contributed by atoms with van der Waals surface area (Å²) in [6, 6.07) is -0.607. The number of ether oxygens (including phenoxy) is 3. The zero-order chi connectivity index (χ0) is 40.0. The normalized spacial score (nSPS) is 12.8. The molecule has 1 N–H and O–H groups in total. The van der Waals surface area contributed by atoms with Crippen LogP contribution < -0.4 is 0 Å². The first kappa shape index (κ1) is 52.3. The lowest BCUT2D eigenvalue weighted by Gasteiger charge is -2.31. The van der Waals surface area contributed by atoms with Gasteiger partial charge in [-0.2, -0.15) is 0 Å². The summed E-state index contributed by atoms with van der Waals surface area (Å²) < 4.78 is 17.2. The summed E-state index contributed by atoms with van der Waals surface area (Å²) >= 11 is 0. The smallest absolute Gasteiger partial charge is 0.362 e. The van der Waals surface area contributed by atoms with Crippen molar-refractivity contribution in [1.29, 1.82) is 0 Å². The molecule has 0 bridgehead atoms. The maximum atomic E-state index is 12.7. The van der Waals surface area contributed by atoms with E-state index in [0.29, 0.717) is 19.3 Å². The Hall–Kier alpha value is -1.67. The van der Waals surface area contributed by atoms with Crippen molar-refractivity contribution in [1.82, 2.24) is 0 Å². The lowest BCUT2D eigenvalue weighted by atomic mass is 10.0. The fraction of sp³-hybridized carbons (Fsp3) is 0.935. The molecule has 0 fully saturated rings. The molecule has 320 valence electrons. The van der Waals surface area contributed by atoms with Crippen molar-refractivity contribution in [3.05, 3.63) is 0 Å². The van der Waals surface area contributed by atoms with Gasteiger partial charge in [-0.3, -0.25) is 9.59 Å². The van der Waals surface area contributed by atoms with Crippen LogP contribution in [0.15, 0.2) is 0 Å². The van der Waals surface area contributed by atoms with Crippen molar-refractivity contribution < 1.29 is 38.2 Å². The van der Waals surface area contributed by atoms with Crippen molar-refractivity contribution in [2.45, 2.75) is 238 Å². The number of unbranched alkanes of at least 4 members (excludes halogenated alkanes) is 28. The number of carbonyl (C=O) groups excluding carboxylic acids is 2. The van der Waals surface area contributed by atoms with Crippen molar-refractivity contribution in [2.24, 2.45) is 0 Å². The van der Waals surface area contributed by atoms with E-state index in [1.165, 1.54) is 154 Å². The van der Waals surface area contributed by atoms with Gasteiger partial charge in [0.15, 0.2) is 12.1 Å². The average molecular weight is 769 g/mol. The molecule has 0 aliphatic heterocycles. The highest BCUT2D eigenvalue weighted by Crippen LogP contribution is 2.16. The highest BCUT2D eigenvalue weighted by atomic mass is 16.6. The van der Waals surface area contributed by atoms with E-state index in [2.05, 4.69) is 13.8 Å². The SMILES string of the molecule is CCCCCCCCCCCCCCCCCCCCCCCCC(=O)OC(COCCC(C(=O)O)[N+](C)(C)C)COC(=O)CCCCCCCCCC. The predicted octanol–water partition coefficient (Wildman–Crippen LogP) is 12.5. The molecule has 0 aliphatic carbocycles. The molecule has 0 spiro atoms. The Balaban J connectivity index is 4.11. The van der Waals surface area contributed by atoms with Gasteiger partial charge in [0, 0.05) is 19.3 Å². The van der Waals surface area contributed by atoms with Gasteiger partial charge < -0.3 is 23.8 Å². The number of rotatable bonds is 42. The van der Waals surface area contributed by atoms with Gasteiger partial charge in [-0.1, -0.05) is 194 Å². The van der Waals surface area contributed by atoms with Crippen molar-refractivity contribution >= 4 is 17.9 Å². The summed E-state index contributed by atoms with van der Waals surface area (Å²) in [5.74, 6) is -1.45. The molecule has 0 heterocycles. The first-order chi connectivity index (χ1) is 26.1. The van der Waals surface area contributed by atoms with Crippen LogP contribution in [0.4, 0.5) is 0 Å². The molecule has 0 saturated carbocycles. The summed E-state index contributed by atoms with van der Waals surface area (Å²) in [6.07, 6.45) is 38.8. The van der Waals surface area contributed by atoms with Gasteiger partial charge in [-0.15, -0.1) is 0 Å². The molecule has 0 saturated heterocycles. The number of carbonyl (C=O) groups is 3. The van der Waals surface area contributed by atoms with E-state index in [-0.39, 0.29) is 36.2 Å². The van der Waals surface area contributed by atoms with Crippen LogP contribution in [0.3, 0.4) is 0 Å². The molecule has 0 rings (SSSR count). The van der Waals surface area contributed by atoms with Gasteiger partial charge >= 0.3 is 17.9 Å². The fourth-order valence-corrected chi connectivity index (χ4v) is 7.15. The molecule has 8 nitrogen and oxygen atoms in total. The third kappa shape index (κ3) is 36.0. The number of hydrogen-bond acceptors (Lipinski definition) is 6. The van der Waals surface area contributed by atoms with Gasteiger partial charge in [0.25, 0.3) is 0 Å². The van der Waals surface area contributed by atoms with E-state index in [9.17, 15) is 19.5 Å². The number of likely N-dealkylation sites (N-methyl/N-ethyl adjacent to an activating group) is 1. The van der Waals surface area contributed by atoms with Crippen LogP contribution in [0, 0.1) is 0 Å². The number of carboxylic acids is 1. The summed E-state index contributed by atoms with van der Waals surface area (Å²) in [5.41, 5.74) is 0. The molecular formula is C46H90NO7+. The second-order valence-corrected chi connectivity index (χ2v) is 17.0. The van der Waals surface area contributed by atoms with Crippen LogP contribution in [0.25, 0.3) is 0 Å². The van der Waals surface area contributed by atoms with Gasteiger partial charge in [0.05, 0.1) is 34.4 Å². The maximum Gasteiger partial charge on any atom is 0.362 e. The van der Waals surface area contributed by atoms with Crippen molar-refractivity contribution in [3.63, 3.8) is 0 Å². The van der Waals surface area contributed by atoms with E-state index < -0.39 is 18.1 Å². The molecule has 0 radical (unpaired) electrons. The van der Waals surface area contributed by atoms with Crippen molar-refractivity contribution in [3.8, 4) is 0 Å². The molecule has 0 amide bonds. The minimum Gasteiger partial charge on any atom is -0.477 e. The maximum absolute atomic E-state index is 12.7. The fourth-order valence-electron chi connectivity index (χ4n) is 7.15. The summed E-state index contributed by atoms with van der Waals surface area (Å²) in [4.78, 5) is 36.8. The minimum absolute atomic E-state index is 0.0430. The van der Waals surface area contributed by atoms with Crippen LogP contribution in [-0.4, -0.2) is 80.6 Å². The second-order valence-electron chi connectivity index (χ2n) is 17.0. The number of carboxylic acid groups (broad SMARTS) is 1. The quantitative estimate of drug-likeness (QED) is 0.0375. The first-order valence-corrected chi connectivity index (χ1v) is 23.1. The molecule has 54 heavy (non-hydrogen) atoms. The molecule has 8 heteroatoms. The van der Waals surface area contributed by atoms with Crippen LogP contribution in [0.2, 0.25) is 0 Å². The molecule has 0 aromatic heterocycles. The third-order valence-corrected chi connectivity index (χ3v) is 10.8. The topological polar surface area (TPSA) is 99.1 Å². The van der Waals surface area contributed by atoms with Crippen LogP contribution >= 0.6 is 0 Å². The molecule has 0 aliphatic rings.